The molecule has 1 unspecified atom stereocenters. The zero-order chi connectivity index (χ0) is 56.9. The molecule has 3 aromatic heterocycles. The predicted molar refractivity (Wildman–Crippen MR) is 271 cm³/mol. The molecular formula is C55H71N9O9. The number of aryl methyl sites for hydroxylation is 3. The highest BCUT2D eigenvalue weighted by Gasteiger charge is 2.62. The predicted octanol–water partition coefficient (Wildman–Crippen LogP) is 8.68. The minimum Gasteiger partial charge on any atom is -0.477 e. The molecule has 390 valence electrons. The van der Waals surface area contributed by atoms with E-state index in [-0.39, 0.29) is 63.9 Å². The Morgan fingerprint density at radius 2 is 1.03 bits per heavy atom. The van der Waals surface area contributed by atoms with Crippen molar-refractivity contribution < 1.29 is 46.5 Å². The molecule has 1 saturated carbocycles. The van der Waals surface area contributed by atoms with Gasteiger partial charge in [0.2, 0.25) is 17.2 Å². The summed E-state index contributed by atoms with van der Waals surface area (Å²) in [6.45, 7) is 41.6. The van der Waals surface area contributed by atoms with Gasteiger partial charge in [-0.2, -0.15) is 15.3 Å². The number of rotatable bonds is 4. The number of ether oxygens (including phenoxy) is 1. The van der Waals surface area contributed by atoms with Crippen LogP contribution in [0.3, 0.4) is 0 Å². The topological polar surface area (TPSA) is 219 Å². The second-order valence-corrected chi connectivity index (χ2v) is 22.3. The molecule has 0 aliphatic heterocycles. The molecule has 0 spiro atoms. The van der Waals surface area contributed by atoms with E-state index in [2.05, 4.69) is 29.8 Å². The van der Waals surface area contributed by atoms with Crippen LogP contribution in [-0.2, 0) is 75.8 Å². The molecule has 9 rings (SSSR count). The number of fused-ring (bicyclic) bond motifs is 9. The average Bonchev–Trinajstić information content (AvgIpc) is 4.02. The van der Waals surface area contributed by atoms with Gasteiger partial charge in [-0.1, -0.05) is 89.3 Å². The Hall–Kier alpha value is -7.00. The van der Waals surface area contributed by atoms with Gasteiger partial charge in [-0.3, -0.25) is 18.8 Å². The molecule has 73 heavy (non-hydrogen) atoms. The van der Waals surface area contributed by atoms with Crippen molar-refractivity contribution in [2.75, 3.05) is 6.61 Å². The van der Waals surface area contributed by atoms with E-state index in [0.29, 0.717) is 50.1 Å². The number of nitrogens with zero attached hydrogens (tertiary/aromatic N) is 9. The van der Waals surface area contributed by atoms with Crippen molar-refractivity contribution in [3.05, 3.63) is 109 Å². The summed E-state index contributed by atoms with van der Waals surface area (Å²) in [5.74, 6) is -2.46. The van der Waals surface area contributed by atoms with Crippen molar-refractivity contribution in [1.29, 1.82) is 0 Å². The Bertz CT molecular complexity index is 3060. The van der Waals surface area contributed by atoms with Gasteiger partial charge in [0.25, 0.3) is 6.04 Å². The molecule has 1 fully saturated rings. The molecule has 0 aromatic carbocycles. The Morgan fingerprint density at radius 1 is 0.658 bits per heavy atom. The third-order valence-electron chi connectivity index (χ3n) is 17.2. The minimum absolute atomic E-state index is 0.00274. The van der Waals surface area contributed by atoms with Gasteiger partial charge >= 0.3 is 17.9 Å². The molecular weight excluding hydrogens is 931 g/mol. The van der Waals surface area contributed by atoms with Gasteiger partial charge < -0.3 is 29.4 Å². The van der Waals surface area contributed by atoms with Crippen LogP contribution < -0.4 is 0 Å². The molecule has 6 aliphatic carbocycles. The Labute approximate surface area is 431 Å². The van der Waals surface area contributed by atoms with Gasteiger partial charge in [-0.25, -0.2) is 30.6 Å². The number of carbonyl (C=O) groups is 6. The van der Waals surface area contributed by atoms with E-state index >= 15 is 0 Å². The zero-order valence-electron chi connectivity index (χ0n) is 46.9. The van der Waals surface area contributed by atoms with Crippen LogP contribution in [-0.4, -0.2) is 87.5 Å². The minimum atomic E-state index is -0.996. The van der Waals surface area contributed by atoms with E-state index in [1.165, 1.54) is 24.2 Å². The summed E-state index contributed by atoms with van der Waals surface area (Å²) in [4.78, 5) is 83.7. The maximum absolute atomic E-state index is 12.7. The molecule has 18 heteroatoms. The smallest absolute Gasteiger partial charge is 0.356 e. The van der Waals surface area contributed by atoms with Crippen LogP contribution in [0.25, 0.3) is 14.5 Å². The molecule has 0 amide bonds. The number of aromatic carboxylic acids is 2. The Kier molecular flexibility index (Phi) is 14.1. The fourth-order valence-corrected chi connectivity index (χ4v) is 14.0. The lowest BCUT2D eigenvalue weighted by Crippen LogP contribution is -2.56. The number of aromatic nitrogens is 6. The monoisotopic (exact) mass is 1010 g/mol. The first-order chi connectivity index (χ1) is 35.0. The Morgan fingerprint density at radius 3 is 1.41 bits per heavy atom. The lowest BCUT2D eigenvalue weighted by Gasteiger charge is -2.51. The molecule has 6 aliphatic rings. The van der Waals surface area contributed by atoms with Crippen LogP contribution >= 0.6 is 0 Å². The third kappa shape index (κ3) is 8.33. The molecule has 7 atom stereocenters. The zero-order valence-corrected chi connectivity index (χ0v) is 44.9. The summed E-state index contributed by atoms with van der Waals surface area (Å²) in [5, 5.41) is 32.5. The van der Waals surface area contributed by atoms with Crippen LogP contribution in [0.4, 0.5) is 0 Å². The van der Waals surface area contributed by atoms with E-state index < -0.39 is 50.5 Å². The lowest BCUT2D eigenvalue weighted by molar-refractivity contribution is -0.137. The van der Waals surface area contributed by atoms with Crippen molar-refractivity contribution in [1.82, 2.24) is 29.3 Å². The van der Waals surface area contributed by atoms with Crippen LogP contribution in [0.5, 0.6) is 0 Å². The molecule has 0 radical (unpaired) electrons. The van der Waals surface area contributed by atoms with E-state index in [1.807, 2.05) is 62.3 Å². The average molecular weight is 1010 g/mol. The molecule has 2 N–H and O–H groups in total. The van der Waals surface area contributed by atoms with E-state index in [9.17, 15) is 39.0 Å². The van der Waals surface area contributed by atoms with Crippen molar-refractivity contribution >= 4 is 35.3 Å². The van der Waals surface area contributed by atoms with Crippen molar-refractivity contribution in [3.63, 3.8) is 0 Å². The number of Topliss-reactive ketones (excluding diaryl/α,β-unsaturated/α-hetero) is 3. The first kappa shape index (κ1) is 53.8. The van der Waals surface area contributed by atoms with Gasteiger partial charge in [-0.05, 0) is 63.2 Å². The first-order valence-corrected chi connectivity index (χ1v) is 24.0. The number of esters is 1. The van der Waals surface area contributed by atoms with Crippen molar-refractivity contribution in [2.24, 2.45) is 55.1 Å². The van der Waals surface area contributed by atoms with Crippen molar-refractivity contribution in [2.45, 2.75) is 151 Å². The summed E-state index contributed by atoms with van der Waals surface area (Å²) < 4.78 is 21.1. The SMILES string of the molecule is [3H]C.[3H]C.[C-]#[N+]C1=C[C@]2(C)c3nn(C)c(C(=O)O)c3CC[C@H]2C(C)(C)C1=O.[C-]#[N+]C1=C[C@]2(C)c3nn(C)c(C(=O)OCC)c3CC[C@H]2C(C)(C)C1=O.[C-]#[N+]C1C[C@]2(C)c3nn(C)c(C(=O)O)c3CC[C@H]2C(C)(C)C1=O. The van der Waals surface area contributed by atoms with Gasteiger partial charge in [-0.15, -0.1) is 0 Å². The number of allylic oxidation sites excluding steroid dienone is 4. The van der Waals surface area contributed by atoms with Gasteiger partial charge in [0.1, 0.15) is 17.1 Å². The largest absolute Gasteiger partial charge is 0.477 e. The highest BCUT2D eigenvalue weighted by Crippen LogP contribution is 2.58. The second kappa shape index (κ2) is 19.1. The highest BCUT2D eigenvalue weighted by atomic mass is 16.5. The standard InChI is InChI=1S/C19H23N3O3.C17H21N3O3.C17H19N3O3.2CH4/c1-7-25-17(24)14-11-8-9-13-18(2,3)16(23)12(20-5)10-19(13,4)15(11)21-22(14)6;2*1-16(2)11-7-6-9-12(15(22)23)20(5)19-13(9)17(11,3)8-10(18-4)14(16)21;;/h10,13H,7-9H2,1-4,6H3;10-11H,6-8H2,1-3,5H3,(H,22,23);8,11H,6-7H2,1-3,5H3,(H,22,23);2*1H4/t13-,19-;10?,11-,17-;11-,17-;;/m000../s1/i;;;2*1T. The summed E-state index contributed by atoms with van der Waals surface area (Å²) >= 11 is 0. The molecule has 3 aromatic rings. The van der Waals surface area contributed by atoms with Crippen molar-refractivity contribution in [3.8, 4) is 0 Å². The van der Waals surface area contributed by atoms with E-state index in [1.54, 1.807) is 44.9 Å². The first-order valence-electron chi connectivity index (χ1n) is 26.0. The van der Waals surface area contributed by atoms with Gasteiger partial charge in [0.05, 0.1) is 36.8 Å². The van der Waals surface area contributed by atoms with E-state index in [0.717, 1.165) is 40.9 Å². The number of hydrogen-bond acceptors (Lipinski definition) is 10. The third-order valence-corrected chi connectivity index (χ3v) is 17.2. The van der Waals surface area contributed by atoms with Crippen LogP contribution in [0.2, 0.25) is 0 Å². The molecule has 3 heterocycles. The maximum Gasteiger partial charge on any atom is 0.356 e. The second-order valence-electron chi connectivity index (χ2n) is 22.3. The maximum atomic E-state index is 12.7. The summed E-state index contributed by atoms with van der Waals surface area (Å²) in [6, 6.07) is -0.674. The molecule has 0 bridgehead atoms. The number of carbonyl (C=O) groups excluding carboxylic acids is 4. The van der Waals surface area contributed by atoms with Gasteiger partial charge in [0, 0.05) is 79.5 Å². The van der Waals surface area contributed by atoms with Gasteiger partial charge in [0.15, 0.2) is 11.6 Å². The summed E-state index contributed by atoms with van der Waals surface area (Å²) in [7, 11) is 7.51. The summed E-state index contributed by atoms with van der Waals surface area (Å²) in [6.07, 6.45) is 7.99. The summed E-state index contributed by atoms with van der Waals surface area (Å²) in [5.41, 5.74) is 2.34. The van der Waals surface area contributed by atoms with E-state index in [4.69, 9.17) is 27.2 Å². The quantitative estimate of drug-likeness (QED) is 0.185. The molecule has 18 nitrogen and oxygen atoms in total. The van der Waals surface area contributed by atoms with Crippen LogP contribution in [0, 0.1) is 53.7 Å². The highest BCUT2D eigenvalue weighted by molar-refractivity contribution is 6.03. The number of carboxylic acid groups (broad SMARTS) is 2. The fraction of sp³-hybridized carbons (Fsp3) is 0.600. The lowest BCUT2D eigenvalue weighted by atomic mass is 9.50. The normalized spacial score (nSPS) is 28.4. The fourth-order valence-electron chi connectivity index (χ4n) is 14.0. The molecule has 0 saturated heterocycles. The van der Waals surface area contributed by atoms with Crippen LogP contribution in [0.15, 0.2) is 23.5 Å². The number of hydrogen-bond donors (Lipinski definition) is 2. The number of ketones is 3. The number of carboxylic acids is 2. The van der Waals surface area contributed by atoms with Crippen LogP contribution in [0.1, 0.15) is 178 Å². The Balaban J connectivity index is 0.000000201.